The molecule has 1 aliphatic rings. The van der Waals surface area contributed by atoms with Gasteiger partial charge in [0.1, 0.15) is 5.82 Å². The van der Waals surface area contributed by atoms with E-state index in [1.54, 1.807) is 36.2 Å². The molecule has 0 atom stereocenters. The molecule has 25 heavy (non-hydrogen) atoms. The number of H-pyrrole nitrogens is 1. The number of aromatic amines is 1. The van der Waals surface area contributed by atoms with Gasteiger partial charge in [-0.25, -0.2) is 4.98 Å². The Bertz CT molecular complexity index is 871. The standard InChI is InChI=1S/C18H18ClN3O2.ClH/c1-4-17-20-10(2)14(21-17)8-13-12-7-11(16(23)9-19)5-6-15(12)22(3)18(13)24;/h5-8H,4,9H2,1-3H3,(H,20,21);1H/b13-8-;. The summed E-state index contributed by atoms with van der Waals surface area (Å²) in [5.41, 5.74) is 4.21. The summed E-state index contributed by atoms with van der Waals surface area (Å²) in [6.07, 6.45) is 2.58. The van der Waals surface area contributed by atoms with Gasteiger partial charge >= 0.3 is 0 Å². The molecule has 0 saturated heterocycles. The predicted octanol–water partition coefficient (Wildman–Crippen LogP) is 3.64. The molecule has 1 aromatic heterocycles. The van der Waals surface area contributed by atoms with Crippen molar-refractivity contribution >= 4 is 53.0 Å². The molecule has 0 spiro atoms. The van der Waals surface area contributed by atoms with Crippen molar-refractivity contribution in [1.29, 1.82) is 0 Å². The van der Waals surface area contributed by atoms with Gasteiger partial charge in [-0.05, 0) is 31.2 Å². The Kier molecular flexibility index (Phi) is 5.70. The minimum Gasteiger partial charge on any atom is -0.346 e. The third-order valence-corrected chi connectivity index (χ3v) is 4.46. The topological polar surface area (TPSA) is 66.1 Å². The normalized spacial score (nSPS) is 14.6. The van der Waals surface area contributed by atoms with Crippen LogP contribution in [0, 0.1) is 6.92 Å². The number of halogens is 2. The number of rotatable bonds is 4. The molecule has 3 rings (SSSR count). The van der Waals surface area contributed by atoms with Crippen LogP contribution in [0.3, 0.4) is 0 Å². The number of ketones is 1. The van der Waals surface area contributed by atoms with E-state index in [0.29, 0.717) is 11.1 Å². The molecular weight excluding hydrogens is 361 g/mol. The lowest BCUT2D eigenvalue weighted by molar-refractivity contribution is -0.112. The van der Waals surface area contributed by atoms with Crippen molar-refractivity contribution in [2.24, 2.45) is 0 Å². The summed E-state index contributed by atoms with van der Waals surface area (Å²) >= 11 is 5.64. The van der Waals surface area contributed by atoms with E-state index in [1.165, 1.54) is 0 Å². The van der Waals surface area contributed by atoms with Crippen LogP contribution >= 0.6 is 24.0 Å². The molecular formula is C18H19Cl2N3O2. The highest BCUT2D eigenvalue weighted by Gasteiger charge is 2.30. The fourth-order valence-electron chi connectivity index (χ4n) is 2.82. The lowest BCUT2D eigenvalue weighted by Crippen LogP contribution is -2.20. The number of nitrogens with zero attached hydrogens (tertiary/aromatic N) is 2. The number of Topliss-reactive ketones (excluding diaryl/α,β-unsaturated/α-hetero) is 1. The number of carbonyl (C=O) groups excluding carboxylic acids is 2. The quantitative estimate of drug-likeness (QED) is 0.500. The summed E-state index contributed by atoms with van der Waals surface area (Å²) in [7, 11) is 1.72. The molecule has 0 fully saturated rings. The Balaban J connectivity index is 0.00000225. The van der Waals surface area contributed by atoms with E-state index in [1.807, 2.05) is 13.8 Å². The second-order valence-corrected chi connectivity index (χ2v) is 6.03. The second-order valence-electron chi connectivity index (χ2n) is 5.76. The van der Waals surface area contributed by atoms with E-state index in [2.05, 4.69) is 9.97 Å². The van der Waals surface area contributed by atoms with Crippen LogP contribution in [-0.2, 0) is 11.2 Å². The summed E-state index contributed by atoms with van der Waals surface area (Å²) < 4.78 is 0. The Morgan fingerprint density at radius 3 is 2.72 bits per heavy atom. The number of fused-ring (bicyclic) bond motifs is 1. The van der Waals surface area contributed by atoms with Crippen LogP contribution in [0.5, 0.6) is 0 Å². The highest BCUT2D eigenvalue weighted by Crippen LogP contribution is 2.37. The van der Waals surface area contributed by atoms with Crippen molar-refractivity contribution in [3.05, 3.63) is 46.5 Å². The molecule has 0 aliphatic carbocycles. The fourth-order valence-corrected chi connectivity index (χ4v) is 2.98. The first kappa shape index (κ1) is 19.2. The maximum absolute atomic E-state index is 12.6. The van der Waals surface area contributed by atoms with E-state index in [4.69, 9.17) is 11.6 Å². The SMILES string of the molecule is CCc1nc(/C=C2\C(=O)N(C)c3ccc(C(=O)CCl)cc32)c(C)[nH]1.Cl. The zero-order valence-electron chi connectivity index (χ0n) is 14.2. The van der Waals surface area contributed by atoms with Crippen LogP contribution in [0.25, 0.3) is 11.6 Å². The van der Waals surface area contributed by atoms with Gasteiger partial charge in [-0.3, -0.25) is 9.59 Å². The van der Waals surface area contributed by atoms with E-state index in [0.717, 1.165) is 34.9 Å². The minimum absolute atomic E-state index is 0. The van der Waals surface area contributed by atoms with Gasteiger partial charge < -0.3 is 9.88 Å². The maximum atomic E-state index is 12.6. The zero-order valence-corrected chi connectivity index (χ0v) is 15.8. The summed E-state index contributed by atoms with van der Waals surface area (Å²) in [5, 5.41) is 0. The molecule has 0 bridgehead atoms. The lowest BCUT2D eigenvalue weighted by atomic mass is 10.0. The van der Waals surface area contributed by atoms with E-state index in [-0.39, 0.29) is 30.0 Å². The number of aryl methyl sites for hydroxylation is 2. The summed E-state index contributed by atoms with van der Waals surface area (Å²) in [4.78, 5) is 33.8. The van der Waals surface area contributed by atoms with Crippen LogP contribution in [0.15, 0.2) is 18.2 Å². The molecule has 2 heterocycles. The number of aromatic nitrogens is 2. The smallest absolute Gasteiger partial charge is 0.258 e. The number of benzene rings is 1. The molecule has 1 N–H and O–H groups in total. The molecule has 0 saturated carbocycles. The summed E-state index contributed by atoms with van der Waals surface area (Å²) in [5.74, 6) is 0.523. The van der Waals surface area contributed by atoms with Gasteiger partial charge in [0.05, 0.1) is 22.8 Å². The van der Waals surface area contributed by atoms with Crippen molar-refractivity contribution in [2.45, 2.75) is 20.3 Å². The maximum Gasteiger partial charge on any atom is 0.258 e. The number of hydrogen-bond donors (Lipinski definition) is 1. The Morgan fingerprint density at radius 1 is 1.40 bits per heavy atom. The highest BCUT2D eigenvalue weighted by atomic mass is 35.5. The molecule has 2 aromatic rings. The number of hydrogen-bond acceptors (Lipinski definition) is 3. The average Bonchev–Trinajstić information content (AvgIpc) is 3.07. The van der Waals surface area contributed by atoms with Crippen molar-refractivity contribution in [1.82, 2.24) is 9.97 Å². The number of carbonyl (C=O) groups is 2. The van der Waals surface area contributed by atoms with Gasteiger partial charge in [-0.15, -0.1) is 24.0 Å². The van der Waals surface area contributed by atoms with Crippen LogP contribution in [0.1, 0.15) is 40.1 Å². The molecule has 1 aliphatic heterocycles. The van der Waals surface area contributed by atoms with Crippen LogP contribution in [0.4, 0.5) is 5.69 Å². The Labute approximate surface area is 157 Å². The van der Waals surface area contributed by atoms with Crippen molar-refractivity contribution in [2.75, 3.05) is 17.8 Å². The number of anilines is 1. The molecule has 7 heteroatoms. The molecule has 5 nitrogen and oxygen atoms in total. The molecule has 1 aromatic carbocycles. The van der Waals surface area contributed by atoms with E-state index < -0.39 is 0 Å². The monoisotopic (exact) mass is 379 g/mol. The Hall–Kier alpha value is -2.11. The van der Waals surface area contributed by atoms with Crippen molar-refractivity contribution < 1.29 is 9.59 Å². The number of amides is 1. The average molecular weight is 380 g/mol. The van der Waals surface area contributed by atoms with Crippen molar-refractivity contribution in [3.63, 3.8) is 0 Å². The third kappa shape index (κ3) is 3.34. The molecule has 0 radical (unpaired) electrons. The minimum atomic E-state index is -0.162. The lowest BCUT2D eigenvalue weighted by Gasteiger charge is -2.09. The molecule has 132 valence electrons. The van der Waals surface area contributed by atoms with E-state index in [9.17, 15) is 9.59 Å². The van der Waals surface area contributed by atoms with Crippen LogP contribution in [0.2, 0.25) is 0 Å². The Morgan fingerprint density at radius 2 is 2.12 bits per heavy atom. The van der Waals surface area contributed by atoms with Crippen molar-refractivity contribution in [3.8, 4) is 0 Å². The zero-order chi connectivity index (χ0) is 17.4. The first-order valence-electron chi connectivity index (χ1n) is 7.75. The first-order valence-corrected chi connectivity index (χ1v) is 8.28. The van der Waals surface area contributed by atoms with Gasteiger partial charge in [0.15, 0.2) is 5.78 Å². The van der Waals surface area contributed by atoms with Crippen LogP contribution < -0.4 is 4.90 Å². The number of alkyl halides is 1. The summed E-state index contributed by atoms with van der Waals surface area (Å²) in [6, 6.07) is 5.21. The van der Waals surface area contributed by atoms with Crippen LogP contribution in [-0.4, -0.2) is 34.6 Å². The van der Waals surface area contributed by atoms with Gasteiger partial charge in [-0.1, -0.05) is 6.92 Å². The number of likely N-dealkylation sites (N-methyl/N-ethyl adjacent to an activating group) is 1. The third-order valence-electron chi connectivity index (χ3n) is 4.21. The van der Waals surface area contributed by atoms with E-state index >= 15 is 0 Å². The van der Waals surface area contributed by atoms with Gasteiger partial charge in [0.2, 0.25) is 0 Å². The van der Waals surface area contributed by atoms with Gasteiger partial charge in [0.25, 0.3) is 5.91 Å². The fraction of sp³-hybridized carbons (Fsp3) is 0.278. The first-order chi connectivity index (χ1) is 11.5. The van der Waals surface area contributed by atoms with Gasteiger partial charge in [-0.2, -0.15) is 0 Å². The largest absolute Gasteiger partial charge is 0.346 e. The highest BCUT2D eigenvalue weighted by molar-refractivity contribution is 6.36. The summed E-state index contributed by atoms with van der Waals surface area (Å²) in [6.45, 7) is 3.94. The van der Waals surface area contributed by atoms with Gasteiger partial charge in [0, 0.05) is 30.3 Å². The number of imidazole rings is 1. The molecule has 0 unspecified atom stereocenters. The second kappa shape index (κ2) is 7.42. The molecule has 1 amide bonds. The predicted molar refractivity (Wildman–Crippen MR) is 103 cm³/mol. The number of nitrogens with one attached hydrogen (secondary N) is 1.